The van der Waals surface area contributed by atoms with Crippen LogP contribution in [0.15, 0.2) is 24.3 Å². The lowest BCUT2D eigenvalue weighted by atomic mass is 10.0. The van der Waals surface area contributed by atoms with E-state index in [1.165, 1.54) is 0 Å². The second-order valence-electron chi connectivity index (χ2n) is 11.7. The molecule has 11 heteroatoms. The molecule has 3 rings (SSSR count). The molecule has 2 aliphatic rings. The third-order valence-electron chi connectivity index (χ3n) is 7.15. The lowest BCUT2D eigenvalue weighted by Gasteiger charge is -2.27. The van der Waals surface area contributed by atoms with Crippen LogP contribution in [-0.4, -0.2) is 92.7 Å². The number of carbonyl (C=O) groups is 4. The number of benzene rings is 1. The summed E-state index contributed by atoms with van der Waals surface area (Å²) in [7, 11) is 0. The van der Waals surface area contributed by atoms with E-state index in [0.29, 0.717) is 44.9 Å². The van der Waals surface area contributed by atoms with Gasteiger partial charge in [-0.2, -0.15) is 0 Å². The maximum absolute atomic E-state index is 13.4. The predicted molar refractivity (Wildman–Crippen MR) is 155 cm³/mol. The van der Waals surface area contributed by atoms with Gasteiger partial charge in [-0.15, -0.1) is 0 Å². The van der Waals surface area contributed by atoms with Gasteiger partial charge in [0.1, 0.15) is 24.4 Å². The first-order valence-corrected chi connectivity index (χ1v) is 14.8. The number of hydrogen-bond donors (Lipinski definition) is 4. The Hall–Kier alpha value is -3.18. The van der Waals surface area contributed by atoms with E-state index in [2.05, 4.69) is 40.0 Å². The zero-order chi connectivity index (χ0) is 29.8. The summed E-state index contributed by atoms with van der Waals surface area (Å²) >= 11 is 0. The van der Waals surface area contributed by atoms with Crippen molar-refractivity contribution in [2.24, 2.45) is 11.8 Å². The monoisotopic (exact) mass is 573 g/mol. The minimum Gasteiger partial charge on any atom is -0.491 e. The molecule has 0 unspecified atom stereocenters. The number of rotatable bonds is 8. The fraction of sp³-hybridized carbons (Fsp3) is 0.667. The molecule has 3 atom stereocenters. The van der Waals surface area contributed by atoms with E-state index in [1.807, 2.05) is 13.8 Å². The topological polar surface area (TPSA) is 138 Å². The molecule has 0 aromatic heterocycles. The molecule has 0 aliphatic carbocycles. The molecule has 0 spiro atoms. The third-order valence-corrected chi connectivity index (χ3v) is 7.15. The van der Waals surface area contributed by atoms with Crippen LogP contribution in [-0.2, 0) is 19.1 Å². The summed E-state index contributed by atoms with van der Waals surface area (Å²) in [5.74, 6) is -0.632. The van der Waals surface area contributed by atoms with Gasteiger partial charge in [-0.05, 0) is 43.2 Å². The Morgan fingerprint density at radius 1 is 1.00 bits per heavy atom. The first-order chi connectivity index (χ1) is 19.6. The summed E-state index contributed by atoms with van der Waals surface area (Å²) in [6.07, 6.45) is 1.18. The number of hydrogen-bond acceptors (Lipinski definition) is 7. The Morgan fingerprint density at radius 3 is 2.41 bits per heavy atom. The molecule has 0 bridgehead atoms. The molecule has 1 aromatic carbocycles. The molecule has 228 valence electrons. The largest absolute Gasteiger partial charge is 0.491 e. The maximum Gasteiger partial charge on any atom is 0.255 e. The van der Waals surface area contributed by atoms with Crippen LogP contribution >= 0.6 is 0 Å². The van der Waals surface area contributed by atoms with Gasteiger partial charge in [-0.25, -0.2) is 0 Å². The van der Waals surface area contributed by atoms with E-state index in [9.17, 15) is 19.2 Å². The molecule has 1 fully saturated rings. The number of nitrogens with one attached hydrogen (secondary N) is 4. The Labute approximate surface area is 243 Å². The lowest BCUT2D eigenvalue weighted by molar-refractivity contribution is -0.130. The van der Waals surface area contributed by atoms with Crippen LogP contribution in [0.1, 0.15) is 63.7 Å². The molecule has 2 aliphatic heterocycles. The lowest BCUT2D eigenvalue weighted by Crippen LogP contribution is -2.52. The van der Waals surface area contributed by atoms with Crippen LogP contribution in [0, 0.1) is 11.8 Å². The summed E-state index contributed by atoms with van der Waals surface area (Å²) in [4.78, 5) is 55.1. The van der Waals surface area contributed by atoms with Crippen LogP contribution in [0.5, 0.6) is 5.75 Å². The summed E-state index contributed by atoms with van der Waals surface area (Å²) in [6, 6.07) is 4.86. The number of morpholine rings is 1. The smallest absolute Gasteiger partial charge is 0.255 e. The molecule has 11 nitrogen and oxygen atoms in total. The normalized spacial score (nSPS) is 23.4. The minimum atomic E-state index is -0.942. The van der Waals surface area contributed by atoms with Crippen molar-refractivity contribution in [1.82, 2.24) is 26.2 Å². The standard InChI is InChI=1S/C30H47N5O6/c1-20(2)17-22-19-41-26-8-6-5-7-23(26)28(37)34-24(29(38)31-11-12-35-13-15-40-16-14-35)9-10-27(36)33-25(18-21(3)4)30(39)32-22/h5-8,20-22,24-25H,9-19H2,1-4H3,(H,31,38)(H,32,39)(H,33,36)(H,34,37)/t22-,24+,25-/m1/s1. The van der Waals surface area contributed by atoms with Gasteiger partial charge in [0.05, 0.1) is 24.8 Å². The second-order valence-corrected chi connectivity index (χ2v) is 11.7. The number of para-hydroxylation sites is 1. The summed E-state index contributed by atoms with van der Waals surface area (Å²) in [5.41, 5.74) is 0.283. The first-order valence-electron chi connectivity index (χ1n) is 14.8. The Bertz CT molecular complexity index is 1030. The molecule has 4 amide bonds. The van der Waals surface area contributed by atoms with Gasteiger partial charge in [0.2, 0.25) is 17.7 Å². The minimum absolute atomic E-state index is 0.0305. The van der Waals surface area contributed by atoms with Gasteiger partial charge < -0.3 is 30.7 Å². The van der Waals surface area contributed by atoms with Gasteiger partial charge in [0, 0.05) is 32.6 Å². The first kappa shape index (κ1) is 32.3. The average molecular weight is 574 g/mol. The molecule has 41 heavy (non-hydrogen) atoms. The fourth-order valence-electron chi connectivity index (χ4n) is 5.04. The van der Waals surface area contributed by atoms with E-state index in [4.69, 9.17) is 9.47 Å². The van der Waals surface area contributed by atoms with Crippen LogP contribution in [0.2, 0.25) is 0 Å². The van der Waals surface area contributed by atoms with Crippen molar-refractivity contribution in [1.29, 1.82) is 0 Å². The Balaban J connectivity index is 1.81. The van der Waals surface area contributed by atoms with Crippen LogP contribution in [0.3, 0.4) is 0 Å². The van der Waals surface area contributed by atoms with Crippen molar-refractivity contribution in [3.05, 3.63) is 29.8 Å². The highest BCUT2D eigenvalue weighted by Gasteiger charge is 2.28. The Morgan fingerprint density at radius 2 is 1.71 bits per heavy atom. The van der Waals surface area contributed by atoms with Crippen molar-refractivity contribution in [3.63, 3.8) is 0 Å². The molecule has 0 radical (unpaired) electrons. The van der Waals surface area contributed by atoms with E-state index in [0.717, 1.165) is 13.1 Å². The number of carbonyl (C=O) groups excluding carboxylic acids is 4. The van der Waals surface area contributed by atoms with Crippen LogP contribution in [0.25, 0.3) is 0 Å². The van der Waals surface area contributed by atoms with Gasteiger partial charge in [-0.1, -0.05) is 39.8 Å². The van der Waals surface area contributed by atoms with Gasteiger partial charge in [0.25, 0.3) is 5.91 Å². The summed E-state index contributed by atoms with van der Waals surface area (Å²) < 4.78 is 11.5. The van der Waals surface area contributed by atoms with E-state index in [-0.39, 0.29) is 60.6 Å². The molecular formula is C30H47N5O6. The molecule has 4 N–H and O–H groups in total. The van der Waals surface area contributed by atoms with Crippen molar-refractivity contribution in [2.75, 3.05) is 46.0 Å². The van der Waals surface area contributed by atoms with Crippen molar-refractivity contribution >= 4 is 23.6 Å². The zero-order valence-electron chi connectivity index (χ0n) is 24.9. The van der Waals surface area contributed by atoms with Crippen molar-refractivity contribution < 1.29 is 28.7 Å². The molecule has 1 aromatic rings. The summed E-state index contributed by atoms with van der Waals surface area (Å²) in [6.45, 7) is 12.3. The number of fused-ring (bicyclic) bond motifs is 1. The third kappa shape index (κ3) is 11.0. The van der Waals surface area contributed by atoms with Gasteiger partial charge in [-0.3, -0.25) is 24.1 Å². The molecule has 1 saturated heterocycles. The fourth-order valence-corrected chi connectivity index (χ4v) is 5.04. The number of ether oxygens (including phenoxy) is 2. The van der Waals surface area contributed by atoms with Gasteiger partial charge in [0.15, 0.2) is 0 Å². The van der Waals surface area contributed by atoms with E-state index < -0.39 is 18.0 Å². The predicted octanol–water partition coefficient (Wildman–Crippen LogP) is 1.47. The van der Waals surface area contributed by atoms with Crippen molar-refractivity contribution in [3.8, 4) is 5.75 Å². The highest BCUT2D eigenvalue weighted by atomic mass is 16.5. The molecule has 2 heterocycles. The zero-order valence-corrected chi connectivity index (χ0v) is 24.9. The van der Waals surface area contributed by atoms with E-state index in [1.54, 1.807) is 24.3 Å². The highest BCUT2D eigenvalue weighted by molar-refractivity contribution is 5.99. The van der Waals surface area contributed by atoms with Gasteiger partial charge >= 0.3 is 0 Å². The Kier molecular flexibility index (Phi) is 12.9. The van der Waals surface area contributed by atoms with E-state index >= 15 is 0 Å². The molecule has 0 saturated carbocycles. The van der Waals surface area contributed by atoms with Crippen LogP contribution < -0.4 is 26.0 Å². The maximum atomic E-state index is 13.4. The quantitative estimate of drug-likeness (QED) is 0.370. The average Bonchev–Trinajstić information content (AvgIpc) is 2.93. The number of amides is 4. The van der Waals surface area contributed by atoms with Crippen molar-refractivity contribution in [2.45, 2.75) is 71.5 Å². The highest BCUT2D eigenvalue weighted by Crippen LogP contribution is 2.20. The molecular weight excluding hydrogens is 526 g/mol. The number of nitrogens with zero attached hydrogens (tertiary/aromatic N) is 1. The SMILES string of the molecule is CC(C)C[C@@H]1COc2ccccc2C(=O)N[C@H](C(=O)NCCN2CCOCC2)CCC(=O)N[C@H](CC(C)C)C(=O)N1. The van der Waals surface area contributed by atoms with Crippen LogP contribution in [0.4, 0.5) is 0 Å². The summed E-state index contributed by atoms with van der Waals surface area (Å²) in [5, 5.41) is 11.6. The second kappa shape index (κ2) is 16.3.